The second kappa shape index (κ2) is 11.7. The number of amides is 1. The molecule has 0 spiro atoms. The molecule has 0 aromatic heterocycles. The van der Waals surface area contributed by atoms with Gasteiger partial charge in [0, 0.05) is 15.7 Å². The summed E-state index contributed by atoms with van der Waals surface area (Å²) in [4.78, 5) is 12.7. The van der Waals surface area contributed by atoms with Crippen LogP contribution in [0.25, 0.3) is 6.08 Å². The second-order valence-corrected chi connectivity index (χ2v) is 8.85. The Morgan fingerprint density at radius 2 is 1.91 bits per heavy atom. The normalized spacial score (nSPS) is 11.0. The minimum absolute atomic E-state index is 0.0552. The Bertz CT molecular complexity index is 1280. The van der Waals surface area contributed by atoms with Crippen LogP contribution < -0.4 is 14.8 Å². The average molecular weight is 540 g/mol. The zero-order valence-corrected chi connectivity index (χ0v) is 21.5. The molecule has 3 rings (SSSR count). The lowest BCUT2D eigenvalue weighted by Crippen LogP contribution is -2.14. The number of ether oxygens (including phenoxy) is 2. The molecule has 0 aliphatic carbocycles. The number of carbonyl (C=O) groups is 1. The SMILES string of the molecule is CCOc1cc(/C=C(\C#N)C(=O)Nc2ccc(C)cc2C)cc(Cl)c1OCc1ccccc1Br. The molecular formula is C27H24BrClN2O3. The van der Waals surface area contributed by atoms with Gasteiger partial charge in [-0.05, 0) is 62.2 Å². The number of aryl methyl sites for hydroxylation is 2. The Balaban J connectivity index is 1.86. The monoisotopic (exact) mass is 538 g/mol. The Hall–Kier alpha value is -3.27. The number of hydrogen-bond acceptors (Lipinski definition) is 4. The van der Waals surface area contributed by atoms with Crippen LogP contribution in [0.3, 0.4) is 0 Å². The minimum atomic E-state index is -0.502. The van der Waals surface area contributed by atoms with Gasteiger partial charge in [-0.1, -0.05) is 63.4 Å². The summed E-state index contributed by atoms with van der Waals surface area (Å²) in [5, 5.41) is 12.7. The number of nitrogens with one attached hydrogen (secondary N) is 1. The maximum absolute atomic E-state index is 12.7. The molecule has 1 amide bonds. The second-order valence-electron chi connectivity index (χ2n) is 7.59. The summed E-state index contributed by atoms with van der Waals surface area (Å²) in [7, 11) is 0. The molecule has 0 fully saturated rings. The Labute approximate surface area is 213 Å². The van der Waals surface area contributed by atoms with Gasteiger partial charge in [-0.3, -0.25) is 4.79 Å². The van der Waals surface area contributed by atoms with Gasteiger partial charge in [0.1, 0.15) is 18.2 Å². The molecule has 0 aliphatic rings. The molecule has 3 aromatic rings. The Morgan fingerprint density at radius 3 is 2.59 bits per heavy atom. The van der Waals surface area contributed by atoms with Crippen molar-refractivity contribution in [3.63, 3.8) is 0 Å². The van der Waals surface area contributed by atoms with Gasteiger partial charge in [-0.2, -0.15) is 5.26 Å². The molecule has 1 N–H and O–H groups in total. The van der Waals surface area contributed by atoms with E-state index in [0.717, 1.165) is 21.2 Å². The topological polar surface area (TPSA) is 71.3 Å². The Kier molecular flexibility index (Phi) is 8.75. The molecule has 5 nitrogen and oxygen atoms in total. The van der Waals surface area contributed by atoms with Gasteiger partial charge in [0.2, 0.25) is 0 Å². The number of halogens is 2. The van der Waals surface area contributed by atoms with E-state index >= 15 is 0 Å². The fraction of sp³-hybridized carbons (Fsp3) is 0.185. The van der Waals surface area contributed by atoms with E-state index in [1.54, 1.807) is 12.1 Å². The van der Waals surface area contributed by atoms with E-state index in [4.69, 9.17) is 21.1 Å². The Morgan fingerprint density at radius 1 is 1.15 bits per heavy atom. The number of anilines is 1. The van der Waals surface area contributed by atoms with Crippen molar-refractivity contribution in [2.24, 2.45) is 0 Å². The molecule has 7 heteroatoms. The fourth-order valence-corrected chi connectivity index (χ4v) is 3.97. The van der Waals surface area contributed by atoms with Gasteiger partial charge < -0.3 is 14.8 Å². The molecule has 0 saturated heterocycles. The van der Waals surface area contributed by atoms with Crippen LogP contribution >= 0.6 is 27.5 Å². The van der Waals surface area contributed by atoms with E-state index < -0.39 is 5.91 Å². The maximum Gasteiger partial charge on any atom is 0.266 e. The minimum Gasteiger partial charge on any atom is -0.490 e. The first-order chi connectivity index (χ1) is 16.3. The van der Waals surface area contributed by atoms with Crippen molar-refractivity contribution >= 4 is 45.2 Å². The van der Waals surface area contributed by atoms with Gasteiger partial charge in [0.15, 0.2) is 11.5 Å². The largest absolute Gasteiger partial charge is 0.490 e. The molecule has 0 bridgehead atoms. The average Bonchev–Trinajstić information content (AvgIpc) is 2.80. The summed E-state index contributed by atoms with van der Waals surface area (Å²) >= 11 is 10.0. The van der Waals surface area contributed by atoms with E-state index in [1.807, 2.05) is 69.3 Å². The number of nitrogens with zero attached hydrogens (tertiary/aromatic N) is 1. The van der Waals surface area contributed by atoms with Crippen LogP contribution in [-0.4, -0.2) is 12.5 Å². The van der Waals surface area contributed by atoms with Crippen molar-refractivity contribution in [2.45, 2.75) is 27.4 Å². The predicted molar refractivity (Wildman–Crippen MR) is 139 cm³/mol. The number of rotatable bonds is 8. The molecule has 0 heterocycles. The summed E-state index contributed by atoms with van der Waals surface area (Å²) in [6.45, 7) is 6.42. The predicted octanol–water partition coefficient (Wildman–Crippen LogP) is 7.24. The summed E-state index contributed by atoms with van der Waals surface area (Å²) in [6.07, 6.45) is 1.48. The highest BCUT2D eigenvalue weighted by Gasteiger charge is 2.16. The fourth-order valence-electron chi connectivity index (χ4n) is 3.30. The van der Waals surface area contributed by atoms with Gasteiger partial charge in [-0.25, -0.2) is 0 Å². The molecule has 174 valence electrons. The van der Waals surface area contributed by atoms with Crippen LogP contribution in [0.1, 0.15) is 29.2 Å². The lowest BCUT2D eigenvalue weighted by atomic mass is 10.1. The van der Waals surface area contributed by atoms with Crippen molar-refractivity contribution in [3.8, 4) is 17.6 Å². The van der Waals surface area contributed by atoms with E-state index in [1.165, 1.54) is 6.08 Å². The van der Waals surface area contributed by atoms with Crippen LogP contribution in [0.5, 0.6) is 11.5 Å². The summed E-state index contributed by atoms with van der Waals surface area (Å²) < 4.78 is 12.6. The highest BCUT2D eigenvalue weighted by atomic mass is 79.9. The molecule has 0 radical (unpaired) electrons. The highest BCUT2D eigenvalue weighted by molar-refractivity contribution is 9.10. The van der Waals surface area contributed by atoms with Crippen molar-refractivity contribution in [3.05, 3.63) is 91.9 Å². The van der Waals surface area contributed by atoms with Crippen LogP contribution in [0.15, 0.2) is 64.6 Å². The number of nitriles is 1. The van der Waals surface area contributed by atoms with E-state index in [2.05, 4.69) is 21.2 Å². The zero-order valence-electron chi connectivity index (χ0n) is 19.1. The molecule has 34 heavy (non-hydrogen) atoms. The molecular weight excluding hydrogens is 516 g/mol. The molecule has 0 saturated carbocycles. The van der Waals surface area contributed by atoms with Gasteiger partial charge in [0.05, 0.1) is 11.6 Å². The third-order valence-corrected chi connectivity index (χ3v) is 6.02. The zero-order chi connectivity index (χ0) is 24.7. The number of hydrogen-bond donors (Lipinski definition) is 1. The van der Waals surface area contributed by atoms with Crippen molar-refractivity contribution < 1.29 is 14.3 Å². The highest BCUT2D eigenvalue weighted by Crippen LogP contribution is 2.38. The summed E-state index contributed by atoms with van der Waals surface area (Å²) in [5.41, 5.74) is 4.11. The standard InChI is InChI=1S/C27H24BrClN2O3/c1-4-33-25-14-19(13-23(29)26(25)34-16-20-7-5-6-8-22(20)28)12-21(15-30)27(32)31-24-10-9-17(2)11-18(24)3/h5-14H,4,16H2,1-3H3,(H,31,32)/b21-12+. The molecule has 3 aromatic carbocycles. The van der Waals surface area contributed by atoms with E-state index in [-0.39, 0.29) is 12.2 Å². The molecule has 0 atom stereocenters. The smallest absolute Gasteiger partial charge is 0.266 e. The van der Waals surface area contributed by atoms with Gasteiger partial charge in [0.25, 0.3) is 5.91 Å². The lowest BCUT2D eigenvalue weighted by Gasteiger charge is -2.15. The number of benzene rings is 3. The summed E-state index contributed by atoms with van der Waals surface area (Å²) in [5.74, 6) is 0.327. The van der Waals surface area contributed by atoms with Crippen molar-refractivity contribution in [2.75, 3.05) is 11.9 Å². The van der Waals surface area contributed by atoms with Crippen LogP contribution in [0.2, 0.25) is 5.02 Å². The third kappa shape index (κ3) is 6.40. The van der Waals surface area contributed by atoms with E-state index in [0.29, 0.717) is 34.4 Å². The van der Waals surface area contributed by atoms with Gasteiger partial charge in [-0.15, -0.1) is 0 Å². The van der Waals surface area contributed by atoms with Crippen LogP contribution in [0.4, 0.5) is 5.69 Å². The summed E-state index contributed by atoms with van der Waals surface area (Å²) in [6, 6.07) is 18.7. The van der Waals surface area contributed by atoms with Gasteiger partial charge >= 0.3 is 0 Å². The van der Waals surface area contributed by atoms with Crippen molar-refractivity contribution in [1.29, 1.82) is 5.26 Å². The molecule has 0 aliphatic heterocycles. The van der Waals surface area contributed by atoms with E-state index in [9.17, 15) is 10.1 Å². The first-order valence-corrected chi connectivity index (χ1v) is 11.8. The first kappa shape index (κ1) is 25.4. The first-order valence-electron chi connectivity index (χ1n) is 10.6. The van der Waals surface area contributed by atoms with Crippen molar-refractivity contribution in [1.82, 2.24) is 0 Å². The molecule has 0 unspecified atom stereocenters. The third-order valence-electron chi connectivity index (χ3n) is 4.97. The van der Waals surface area contributed by atoms with Crippen LogP contribution in [-0.2, 0) is 11.4 Å². The lowest BCUT2D eigenvalue weighted by molar-refractivity contribution is -0.112. The quantitative estimate of drug-likeness (QED) is 0.242. The van der Waals surface area contributed by atoms with Crippen LogP contribution in [0, 0.1) is 25.2 Å². The number of carbonyl (C=O) groups excluding carboxylic acids is 1. The maximum atomic E-state index is 12.7.